The van der Waals surface area contributed by atoms with Crippen LogP contribution >= 0.6 is 27.5 Å². The molecule has 1 nitrogen and oxygen atoms in total. The lowest BCUT2D eigenvalue weighted by molar-refractivity contribution is 0.176. The maximum Gasteiger partial charge on any atom is 0.126 e. The minimum Gasteiger partial charge on any atom is -0.388 e. The quantitative estimate of drug-likeness (QED) is 0.846. The molecule has 0 amide bonds. The van der Waals surface area contributed by atoms with Crippen LogP contribution in [0.4, 0.5) is 4.39 Å². The molecule has 4 heteroatoms. The van der Waals surface area contributed by atoms with Crippen LogP contribution in [0.25, 0.3) is 0 Å². The Bertz CT molecular complexity index is 601. The highest BCUT2D eigenvalue weighted by molar-refractivity contribution is 9.10. The highest BCUT2D eigenvalue weighted by atomic mass is 79.9. The van der Waals surface area contributed by atoms with Crippen LogP contribution in [-0.4, -0.2) is 5.11 Å². The summed E-state index contributed by atoms with van der Waals surface area (Å²) in [6.45, 7) is 1.88. The molecule has 100 valence electrons. The summed E-state index contributed by atoms with van der Waals surface area (Å²) in [6, 6.07) is 10.0. The number of hydrogen-bond acceptors (Lipinski definition) is 1. The first-order valence-electron chi connectivity index (χ1n) is 5.85. The zero-order valence-corrected chi connectivity index (χ0v) is 12.7. The summed E-state index contributed by atoms with van der Waals surface area (Å²) >= 11 is 9.18. The molecule has 2 rings (SSSR count). The number of aliphatic hydroxyl groups excluding tert-OH is 1. The van der Waals surface area contributed by atoms with Gasteiger partial charge in [-0.3, -0.25) is 0 Å². The van der Waals surface area contributed by atoms with Gasteiger partial charge in [0.15, 0.2) is 0 Å². The van der Waals surface area contributed by atoms with Gasteiger partial charge in [0.2, 0.25) is 0 Å². The number of hydrogen-bond donors (Lipinski definition) is 1. The van der Waals surface area contributed by atoms with E-state index >= 15 is 0 Å². The SMILES string of the molecule is Cc1cc(Cl)ccc1C(O)Cc1cc(Br)ccc1F. The normalized spacial score (nSPS) is 12.5. The molecule has 0 spiro atoms. The van der Waals surface area contributed by atoms with Crippen molar-refractivity contribution in [2.45, 2.75) is 19.4 Å². The average Bonchev–Trinajstić information content (AvgIpc) is 2.33. The molecule has 0 aliphatic carbocycles. The molecule has 1 unspecified atom stereocenters. The van der Waals surface area contributed by atoms with Crippen LogP contribution < -0.4 is 0 Å². The Balaban J connectivity index is 2.25. The minimum absolute atomic E-state index is 0.230. The van der Waals surface area contributed by atoms with Crippen molar-refractivity contribution in [2.75, 3.05) is 0 Å². The highest BCUT2D eigenvalue weighted by Crippen LogP contribution is 2.26. The van der Waals surface area contributed by atoms with Gasteiger partial charge in [-0.05, 0) is 53.9 Å². The van der Waals surface area contributed by atoms with E-state index < -0.39 is 6.10 Å². The van der Waals surface area contributed by atoms with Crippen LogP contribution in [0.5, 0.6) is 0 Å². The van der Waals surface area contributed by atoms with E-state index in [1.807, 2.05) is 6.92 Å². The zero-order chi connectivity index (χ0) is 14.0. The van der Waals surface area contributed by atoms with E-state index in [1.54, 1.807) is 30.3 Å². The second-order valence-electron chi connectivity index (χ2n) is 4.46. The van der Waals surface area contributed by atoms with E-state index in [2.05, 4.69) is 15.9 Å². The van der Waals surface area contributed by atoms with Crippen molar-refractivity contribution in [3.05, 3.63) is 68.4 Å². The van der Waals surface area contributed by atoms with E-state index in [0.29, 0.717) is 10.6 Å². The Labute approximate surface area is 125 Å². The molecule has 1 atom stereocenters. The average molecular weight is 344 g/mol. The van der Waals surface area contributed by atoms with Crippen LogP contribution in [0.2, 0.25) is 5.02 Å². The van der Waals surface area contributed by atoms with E-state index in [9.17, 15) is 9.50 Å². The second-order valence-corrected chi connectivity index (χ2v) is 5.81. The zero-order valence-electron chi connectivity index (χ0n) is 10.3. The highest BCUT2D eigenvalue weighted by Gasteiger charge is 2.14. The van der Waals surface area contributed by atoms with Crippen LogP contribution in [0.1, 0.15) is 22.8 Å². The first-order valence-corrected chi connectivity index (χ1v) is 7.02. The number of halogens is 3. The van der Waals surface area contributed by atoms with Crippen LogP contribution in [0, 0.1) is 12.7 Å². The molecule has 0 radical (unpaired) electrons. The largest absolute Gasteiger partial charge is 0.388 e. The molecule has 0 saturated heterocycles. The van der Waals surface area contributed by atoms with Crippen LogP contribution in [0.3, 0.4) is 0 Å². The molecule has 1 N–H and O–H groups in total. The second kappa shape index (κ2) is 6.04. The van der Waals surface area contributed by atoms with Gasteiger partial charge >= 0.3 is 0 Å². The number of benzene rings is 2. The minimum atomic E-state index is -0.749. The fourth-order valence-corrected chi connectivity index (χ4v) is 2.67. The Kier molecular flexibility index (Phi) is 4.61. The topological polar surface area (TPSA) is 20.2 Å². The first-order chi connectivity index (χ1) is 8.97. The van der Waals surface area contributed by atoms with Crippen LogP contribution in [-0.2, 0) is 6.42 Å². The van der Waals surface area contributed by atoms with Gasteiger partial charge < -0.3 is 5.11 Å². The third-order valence-corrected chi connectivity index (χ3v) is 3.74. The maximum absolute atomic E-state index is 13.7. The molecule has 2 aromatic rings. The van der Waals surface area contributed by atoms with E-state index in [0.717, 1.165) is 15.6 Å². The Morgan fingerprint density at radius 3 is 2.68 bits per heavy atom. The summed E-state index contributed by atoms with van der Waals surface area (Å²) in [5.41, 5.74) is 2.15. The smallest absolute Gasteiger partial charge is 0.126 e. The molecule has 0 bridgehead atoms. The van der Waals surface area contributed by atoms with Gasteiger partial charge in [0.1, 0.15) is 5.82 Å². The summed E-state index contributed by atoms with van der Waals surface area (Å²) in [7, 11) is 0. The van der Waals surface area contributed by atoms with E-state index in [4.69, 9.17) is 11.6 Å². The van der Waals surface area contributed by atoms with Gasteiger partial charge in [-0.15, -0.1) is 0 Å². The molecule has 19 heavy (non-hydrogen) atoms. The first kappa shape index (κ1) is 14.5. The lowest BCUT2D eigenvalue weighted by Crippen LogP contribution is -2.05. The third-order valence-electron chi connectivity index (χ3n) is 3.01. The molecular weight excluding hydrogens is 331 g/mol. The Hall–Kier alpha value is -0.900. The van der Waals surface area contributed by atoms with Crippen molar-refractivity contribution < 1.29 is 9.50 Å². The maximum atomic E-state index is 13.7. The number of rotatable bonds is 3. The van der Waals surface area contributed by atoms with Crippen molar-refractivity contribution in [3.8, 4) is 0 Å². The van der Waals surface area contributed by atoms with Crippen LogP contribution in [0.15, 0.2) is 40.9 Å². The van der Waals surface area contributed by atoms with Crippen molar-refractivity contribution in [1.29, 1.82) is 0 Å². The van der Waals surface area contributed by atoms with E-state index in [1.165, 1.54) is 6.07 Å². The fraction of sp³-hybridized carbons (Fsp3) is 0.200. The summed E-state index contributed by atoms with van der Waals surface area (Å²) in [5, 5.41) is 10.9. The number of aryl methyl sites for hydroxylation is 1. The standard InChI is InChI=1S/C15H13BrClFO/c1-9-6-12(17)3-4-13(9)15(19)8-10-7-11(16)2-5-14(10)18/h2-7,15,19H,8H2,1H3. The summed E-state index contributed by atoms with van der Waals surface area (Å²) < 4.78 is 14.5. The van der Waals surface area contributed by atoms with Gasteiger partial charge in [0.25, 0.3) is 0 Å². The molecule has 0 aromatic heterocycles. The molecule has 0 aliphatic heterocycles. The van der Waals surface area contributed by atoms with Crippen molar-refractivity contribution >= 4 is 27.5 Å². The summed E-state index contributed by atoms with van der Waals surface area (Å²) in [5.74, 6) is -0.311. The lowest BCUT2D eigenvalue weighted by Gasteiger charge is -2.14. The third kappa shape index (κ3) is 3.56. The predicted octanol–water partition coefficient (Wildman–Crippen LogP) is 4.83. The van der Waals surface area contributed by atoms with Gasteiger partial charge in [-0.2, -0.15) is 0 Å². The molecule has 2 aromatic carbocycles. The fourth-order valence-electron chi connectivity index (χ4n) is 2.03. The van der Waals surface area contributed by atoms with Crippen molar-refractivity contribution in [3.63, 3.8) is 0 Å². The number of aliphatic hydroxyl groups is 1. The van der Waals surface area contributed by atoms with Crippen molar-refractivity contribution in [1.82, 2.24) is 0 Å². The summed E-state index contributed by atoms with van der Waals surface area (Å²) in [4.78, 5) is 0. The lowest BCUT2D eigenvalue weighted by atomic mass is 9.97. The van der Waals surface area contributed by atoms with E-state index in [-0.39, 0.29) is 12.2 Å². The summed E-state index contributed by atoms with van der Waals surface area (Å²) in [6.07, 6.45) is -0.519. The molecular formula is C15H13BrClFO. The Morgan fingerprint density at radius 2 is 2.00 bits per heavy atom. The molecule has 0 fully saturated rings. The van der Waals surface area contributed by atoms with Gasteiger partial charge in [0.05, 0.1) is 6.10 Å². The van der Waals surface area contributed by atoms with Crippen molar-refractivity contribution in [2.24, 2.45) is 0 Å². The van der Waals surface area contributed by atoms with Gasteiger partial charge in [-0.25, -0.2) is 4.39 Å². The molecule has 0 saturated carbocycles. The predicted molar refractivity (Wildman–Crippen MR) is 79.0 cm³/mol. The van der Waals surface area contributed by atoms with Gasteiger partial charge in [-0.1, -0.05) is 33.6 Å². The molecule has 0 aliphatic rings. The monoisotopic (exact) mass is 342 g/mol. The van der Waals surface area contributed by atoms with Gasteiger partial charge in [0, 0.05) is 15.9 Å². The molecule has 0 heterocycles. The Morgan fingerprint density at radius 1 is 1.26 bits per heavy atom.